The molecule has 0 bridgehead atoms. The Morgan fingerprint density at radius 1 is 1.28 bits per heavy atom. The quantitative estimate of drug-likeness (QED) is 0.863. The predicted molar refractivity (Wildman–Crippen MR) is 70.3 cm³/mol. The van der Waals surface area contributed by atoms with Crippen LogP contribution in [0.15, 0.2) is 16.1 Å². The van der Waals surface area contributed by atoms with Gasteiger partial charge in [0.25, 0.3) is 0 Å². The summed E-state index contributed by atoms with van der Waals surface area (Å²) >= 11 is 1.59. The Kier molecular flexibility index (Phi) is 3.93. The van der Waals surface area contributed by atoms with Crippen molar-refractivity contribution in [3.8, 4) is 0 Å². The van der Waals surface area contributed by atoms with Crippen molar-refractivity contribution in [2.45, 2.75) is 39.4 Å². The molecule has 0 fully saturated rings. The normalized spacial score (nSPS) is 11.7. The maximum absolute atomic E-state index is 5.47. The Hall–Kier alpha value is -1.47. The van der Waals surface area contributed by atoms with Crippen molar-refractivity contribution in [2.24, 2.45) is 0 Å². The fourth-order valence-electron chi connectivity index (χ4n) is 1.23. The summed E-state index contributed by atoms with van der Waals surface area (Å²) in [6, 6.07) is 0.439. The molecule has 2 N–H and O–H groups in total. The monoisotopic (exact) mass is 267 g/mol. The van der Waals surface area contributed by atoms with Gasteiger partial charge >= 0.3 is 6.01 Å². The van der Waals surface area contributed by atoms with Crippen molar-refractivity contribution in [1.82, 2.24) is 20.5 Å². The molecule has 2 heterocycles. The van der Waals surface area contributed by atoms with E-state index in [0.29, 0.717) is 25.0 Å². The van der Waals surface area contributed by atoms with Gasteiger partial charge in [-0.3, -0.25) is 4.98 Å². The van der Waals surface area contributed by atoms with E-state index in [0.717, 1.165) is 4.88 Å². The van der Waals surface area contributed by atoms with Crippen LogP contribution < -0.4 is 10.6 Å². The second-order valence-corrected chi connectivity index (χ2v) is 5.90. The van der Waals surface area contributed by atoms with E-state index in [1.54, 1.807) is 16.8 Å². The third-order valence-electron chi connectivity index (χ3n) is 2.13. The minimum Gasteiger partial charge on any atom is -0.407 e. The molecule has 0 atom stereocenters. The highest BCUT2D eigenvalue weighted by atomic mass is 32.1. The Morgan fingerprint density at radius 3 is 2.78 bits per heavy atom. The van der Waals surface area contributed by atoms with Crippen LogP contribution in [0.2, 0.25) is 0 Å². The summed E-state index contributed by atoms with van der Waals surface area (Å²) in [6.45, 7) is 7.49. The van der Waals surface area contributed by atoms with Crippen molar-refractivity contribution in [3.63, 3.8) is 0 Å². The molecule has 0 aliphatic heterocycles. The SMILES string of the molecule is CC(C)(C)NCc1nnc(NCc2cncs2)o1. The average molecular weight is 267 g/mol. The zero-order valence-corrected chi connectivity index (χ0v) is 11.5. The summed E-state index contributed by atoms with van der Waals surface area (Å²) in [4.78, 5) is 5.13. The Morgan fingerprint density at radius 2 is 2.11 bits per heavy atom. The van der Waals surface area contributed by atoms with E-state index in [4.69, 9.17) is 4.42 Å². The molecular formula is C11H17N5OS. The average Bonchev–Trinajstić information content (AvgIpc) is 2.94. The summed E-state index contributed by atoms with van der Waals surface area (Å²) in [5.41, 5.74) is 1.83. The van der Waals surface area contributed by atoms with Crippen LogP contribution in [0.3, 0.4) is 0 Å². The van der Waals surface area contributed by atoms with E-state index in [-0.39, 0.29) is 5.54 Å². The van der Waals surface area contributed by atoms with Crippen molar-refractivity contribution >= 4 is 17.4 Å². The number of anilines is 1. The first kappa shape index (κ1) is 13.0. The maximum Gasteiger partial charge on any atom is 0.315 e. The van der Waals surface area contributed by atoms with Gasteiger partial charge in [0.2, 0.25) is 5.89 Å². The van der Waals surface area contributed by atoms with Crippen LogP contribution >= 0.6 is 11.3 Å². The predicted octanol–water partition coefficient (Wildman–Crippen LogP) is 2.03. The lowest BCUT2D eigenvalue weighted by Crippen LogP contribution is -2.35. The summed E-state index contributed by atoms with van der Waals surface area (Å²) in [5, 5.41) is 14.3. The van der Waals surface area contributed by atoms with Gasteiger partial charge in [-0.15, -0.1) is 16.4 Å². The van der Waals surface area contributed by atoms with Gasteiger partial charge in [-0.2, -0.15) is 0 Å². The van der Waals surface area contributed by atoms with E-state index < -0.39 is 0 Å². The molecule has 0 amide bonds. The van der Waals surface area contributed by atoms with Gasteiger partial charge in [0.15, 0.2) is 0 Å². The largest absolute Gasteiger partial charge is 0.407 e. The zero-order chi connectivity index (χ0) is 13.0. The smallest absolute Gasteiger partial charge is 0.315 e. The zero-order valence-electron chi connectivity index (χ0n) is 10.7. The summed E-state index contributed by atoms with van der Waals surface area (Å²) in [7, 11) is 0. The van der Waals surface area contributed by atoms with E-state index >= 15 is 0 Å². The number of nitrogens with one attached hydrogen (secondary N) is 2. The summed E-state index contributed by atoms with van der Waals surface area (Å²) in [6.07, 6.45) is 1.82. The minimum absolute atomic E-state index is 0.0324. The van der Waals surface area contributed by atoms with Gasteiger partial charge in [-0.25, -0.2) is 0 Å². The first-order valence-electron chi connectivity index (χ1n) is 5.71. The van der Waals surface area contributed by atoms with Crippen molar-refractivity contribution < 1.29 is 4.42 Å². The highest BCUT2D eigenvalue weighted by molar-refractivity contribution is 7.09. The Balaban J connectivity index is 1.82. The van der Waals surface area contributed by atoms with Crippen LogP contribution in [-0.2, 0) is 13.1 Å². The topological polar surface area (TPSA) is 75.9 Å². The standard InChI is InChI=1S/C11H17N5OS/c1-11(2,3)14-6-9-15-16-10(17-9)13-5-8-4-12-7-18-8/h4,7,14H,5-6H2,1-3H3,(H,13,16). The molecule has 6 nitrogen and oxygen atoms in total. The molecule has 0 aromatic carbocycles. The summed E-state index contributed by atoms with van der Waals surface area (Å²) < 4.78 is 5.47. The molecule has 0 saturated carbocycles. The lowest BCUT2D eigenvalue weighted by Gasteiger charge is -2.18. The molecule has 0 unspecified atom stereocenters. The van der Waals surface area contributed by atoms with Gasteiger partial charge in [-0.05, 0) is 20.8 Å². The van der Waals surface area contributed by atoms with Gasteiger partial charge in [0.05, 0.1) is 18.6 Å². The number of thiazole rings is 1. The van der Waals surface area contributed by atoms with Crippen LogP contribution in [0.5, 0.6) is 0 Å². The number of rotatable bonds is 5. The van der Waals surface area contributed by atoms with Crippen LogP contribution in [0.25, 0.3) is 0 Å². The second kappa shape index (κ2) is 5.45. The summed E-state index contributed by atoms with van der Waals surface area (Å²) in [5.74, 6) is 0.580. The molecule has 0 saturated heterocycles. The van der Waals surface area contributed by atoms with Crippen LogP contribution in [0.1, 0.15) is 31.5 Å². The third kappa shape index (κ3) is 4.08. The lowest BCUT2D eigenvalue weighted by molar-refractivity contribution is 0.383. The second-order valence-electron chi connectivity index (χ2n) is 4.93. The number of hydrogen-bond donors (Lipinski definition) is 2. The fourth-order valence-corrected chi connectivity index (χ4v) is 1.76. The fraction of sp³-hybridized carbons (Fsp3) is 0.545. The molecule has 98 valence electrons. The van der Waals surface area contributed by atoms with Crippen molar-refractivity contribution in [1.29, 1.82) is 0 Å². The van der Waals surface area contributed by atoms with Gasteiger partial charge in [0, 0.05) is 16.6 Å². The van der Waals surface area contributed by atoms with E-state index in [2.05, 4.69) is 46.6 Å². The van der Waals surface area contributed by atoms with Crippen molar-refractivity contribution in [2.75, 3.05) is 5.32 Å². The lowest BCUT2D eigenvalue weighted by atomic mass is 10.1. The van der Waals surface area contributed by atoms with E-state index in [9.17, 15) is 0 Å². The van der Waals surface area contributed by atoms with Crippen molar-refractivity contribution in [3.05, 3.63) is 22.5 Å². The molecule has 2 aromatic heterocycles. The van der Waals surface area contributed by atoms with Gasteiger partial charge < -0.3 is 15.1 Å². The molecule has 0 aliphatic rings. The molecule has 0 spiro atoms. The highest BCUT2D eigenvalue weighted by Crippen LogP contribution is 2.11. The Labute approximate surface area is 110 Å². The van der Waals surface area contributed by atoms with Crippen LogP contribution in [0.4, 0.5) is 6.01 Å². The molecule has 18 heavy (non-hydrogen) atoms. The molecule has 2 rings (SSSR count). The third-order valence-corrected chi connectivity index (χ3v) is 2.91. The van der Waals surface area contributed by atoms with Crippen LogP contribution in [-0.4, -0.2) is 20.7 Å². The first-order chi connectivity index (χ1) is 8.53. The maximum atomic E-state index is 5.47. The van der Waals surface area contributed by atoms with Gasteiger partial charge in [-0.1, -0.05) is 5.10 Å². The Bertz CT molecular complexity index is 474. The van der Waals surface area contributed by atoms with E-state index in [1.807, 2.05) is 6.20 Å². The number of nitrogens with zero attached hydrogens (tertiary/aromatic N) is 3. The molecule has 0 aliphatic carbocycles. The first-order valence-corrected chi connectivity index (χ1v) is 6.59. The number of aromatic nitrogens is 3. The van der Waals surface area contributed by atoms with Crippen LogP contribution in [0, 0.1) is 0 Å². The molecule has 7 heteroatoms. The molecule has 0 radical (unpaired) electrons. The van der Waals surface area contributed by atoms with E-state index in [1.165, 1.54) is 0 Å². The minimum atomic E-state index is 0.0324. The molecule has 2 aromatic rings. The number of hydrogen-bond acceptors (Lipinski definition) is 7. The highest BCUT2D eigenvalue weighted by Gasteiger charge is 2.12. The molecular weight excluding hydrogens is 250 g/mol. The van der Waals surface area contributed by atoms with Gasteiger partial charge in [0.1, 0.15) is 0 Å².